The number of halogens is 1. The van der Waals surface area contributed by atoms with Gasteiger partial charge in [-0.2, -0.15) is 12.6 Å². The van der Waals surface area contributed by atoms with Crippen LogP contribution in [-0.4, -0.2) is 38.9 Å². The van der Waals surface area contributed by atoms with Crippen LogP contribution in [0.3, 0.4) is 0 Å². The van der Waals surface area contributed by atoms with Gasteiger partial charge in [-0.1, -0.05) is 0 Å². The minimum atomic E-state index is 0.0487. The third kappa shape index (κ3) is 2.48. The minimum Gasteiger partial charge on any atom is -0.329 e. The van der Waals surface area contributed by atoms with Gasteiger partial charge in [-0.05, 0) is 6.92 Å². The van der Waals surface area contributed by atoms with E-state index in [1.165, 1.54) is 0 Å². The van der Waals surface area contributed by atoms with Crippen molar-refractivity contribution in [3.8, 4) is 0 Å². The second kappa shape index (κ2) is 3.95. The number of rotatable bonds is 1. The zero-order valence-corrected chi connectivity index (χ0v) is 9.38. The molecule has 5 heteroatoms. The number of piperazine rings is 1. The molecule has 1 aliphatic heterocycles. The molecule has 1 heterocycles. The first-order valence-corrected chi connectivity index (χ1v) is 4.97. The fraction of sp³-hybridized carbons (Fsp3) is 0.833. The molecule has 0 aliphatic carbocycles. The molecular formula is C6H11IN2OS. The van der Waals surface area contributed by atoms with Crippen LogP contribution in [0.4, 0.5) is 0 Å². The maximum atomic E-state index is 11.3. The van der Waals surface area contributed by atoms with Crippen molar-refractivity contribution < 1.29 is 4.79 Å². The van der Waals surface area contributed by atoms with E-state index in [4.69, 9.17) is 0 Å². The average Bonchev–Trinajstić information content (AvgIpc) is 1.85. The van der Waals surface area contributed by atoms with Crippen LogP contribution in [0, 0.1) is 0 Å². The van der Waals surface area contributed by atoms with E-state index >= 15 is 0 Å². The van der Waals surface area contributed by atoms with Crippen molar-refractivity contribution in [2.24, 2.45) is 0 Å². The monoisotopic (exact) mass is 286 g/mol. The maximum Gasteiger partial charge on any atom is 0.238 e. The van der Waals surface area contributed by atoms with E-state index in [0.717, 1.165) is 13.1 Å². The Kier molecular flexibility index (Phi) is 3.45. The third-order valence-corrected chi connectivity index (χ3v) is 2.76. The lowest BCUT2D eigenvalue weighted by molar-refractivity contribution is -0.133. The van der Waals surface area contributed by atoms with Crippen LogP contribution < -0.4 is 0 Å². The highest BCUT2D eigenvalue weighted by molar-refractivity contribution is 14.1. The Morgan fingerprint density at radius 1 is 1.64 bits per heavy atom. The highest BCUT2D eigenvalue weighted by atomic mass is 127. The van der Waals surface area contributed by atoms with E-state index in [0.29, 0.717) is 6.54 Å². The number of carbonyl (C=O) groups excluding carboxylic acids is 1. The van der Waals surface area contributed by atoms with Gasteiger partial charge in [0.1, 0.15) is 0 Å². The number of hydrogen-bond acceptors (Lipinski definition) is 3. The van der Waals surface area contributed by atoms with E-state index in [2.05, 4.69) is 35.5 Å². The van der Waals surface area contributed by atoms with Crippen molar-refractivity contribution >= 4 is 41.4 Å². The maximum absolute atomic E-state index is 11.3. The molecule has 0 aromatic rings. The van der Waals surface area contributed by atoms with Crippen LogP contribution in [0.2, 0.25) is 0 Å². The van der Waals surface area contributed by atoms with Crippen molar-refractivity contribution in [1.29, 1.82) is 0 Å². The van der Waals surface area contributed by atoms with Gasteiger partial charge >= 0.3 is 0 Å². The summed E-state index contributed by atoms with van der Waals surface area (Å²) in [7, 11) is 0. The molecule has 0 aromatic heterocycles. The first-order chi connectivity index (χ1) is 5.11. The highest BCUT2D eigenvalue weighted by Crippen LogP contribution is 2.12. The topological polar surface area (TPSA) is 23.6 Å². The Morgan fingerprint density at radius 3 is 2.73 bits per heavy atom. The fourth-order valence-electron chi connectivity index (χ4n) is 1.05. The van der Waals surface area contributed by atoms with Gasteiger partial charge in [-0.15, -0.1) is 0 Å². The molecule has 0 radical (unpaired) electrons. The quantitative estimate of drug-likeness (QED) is 0.437. The van der Waals surface area contributed by atoms with Gasteiger partial charge in [0.25, 0.3) is 0 Å². The Labute approximate surface area is 86.0 Å². The molecule has 0 aromatic carbocycles. The lowest BCUT2D eigenvalue weighted by Gasteiger charge is -2.33. The zero-order valence-electron chi connectivity index (χ0n) is 6.33. The van der Waals surface area contributed by atoms with E-state index in [1.807, 2.05) is 10.0 Å². The van der Waals surface area contributed by atoms with Gasteiger partial charge in [0.05, 0.1) is 11.9 Å². The van der Waals surface area contributed by atoms with Crippen LogP contribution in [-0.2, 0) is 4.79 Å². The molecule has 1 aliphatic rings. The molecule has 3 nitrogen and oxygen atoms in total. The van der Waals surface area contributed by atoms with Crippen molar-refractivity contribution in [2.45, 2.75) is 12.3 Å². The zero-order chi connectivity index (χ0) is 8.43. The lowest BCUT2D eigenvalue weighted by atomic mass is 10.3. The van der Waals surface area contributed by atoms with Gasteiger partial charge in [-0.25, -0.2) is 3.11 Å². The number of thiol groups is 1. The molecule has 11 heavy (non-hydrogen) atoms. The van der Waals surface area contributed by atoms with E-state index in [9.17, 15) is 4.79 Å². The normalized spacial score (nSPS) is 23.9. The molecule has 0 N–H and O–H groups in total. The number of nitrogens with zero attached hydrogens (tertiary/aromatic N) is 2. The number of hydrogen-bond donors (Lipinski definition) is 1. The molecule has 1 saturated heterocycles. The molecule has 1 unspecified atom stereocenters. The standard InChI is InChI=1S/C6H11IN2OS/c1-5(11)9-3-2-8(7)4-6(9)10/h5,11H,2-4H2,1H3. The molecule has 1 rings (SSSR count). The smallest absolute Gasteiger partial charge is 0.238 e. The van der Waals surface area contributed by atoms with Crippen LogP contribution in [0.15, 0.2) is 0 Å². The highest BCUT2D eigenvalue weighted by Gasteiger charge is 2.24. The molecule has 0 saturated carbocycles. The van der Waals surface area contributed by atoms with Gasteiger partial charge in [0.2, 0.25) is 5.91 Å². The summed E-state index contributed by atoms with van der Waals surface area (Å²) in [5.74, 6) is 0.174. The van der Waals surface area contributed by atoms with Crippen LogP contribution >= 0.6 is 35.5 Å². The molecule has 64 valence electrons. The Morgan fingerprint density at radius 2 is 2.27 bits per heavy atom. The van der Waals surface area contributed by atoms with Crippen molar-refractivity contribution in [3.63, 3.8) is 0 Å². The van der Waals surface area contributed by atoms with Gasteiger partial charge in [0.15, 0.2) is 0 Å². The summed E-state index contributed by atoms with van der Waals surface area (Å²) in [6, 6.07) is 0. The van der Waals surface area contributed by atoms with Crippen molar-refractivity contribution in [2.75, 3.05) is 19.6 Å². The minimum absolute atomic E-state index is 0.0487. The second-order valence-electron chi connectivity index (χ2n) is 2.56. The average molecular weight is 286 g/mol. The fourth-order valence-corrected chi connectivity index (χ4v) is 1.80. The predicted octanol–water partition coefficient (Wildman–Crippen LogP) is 0.756. The summed E-state index contributed by atoms with van der Waals surface area (Å²) in [6.07, 6.45) is 0. The first-order valence-electron chi connectivity index (χ1n) is 3.49. The third-order valence-electron chi connectivity index (χ3n) is 1.66. The SMILES string of the molecule is CC(S)N1CCN(I)CC1=O. The van der Waals surface area contributed by atoms with Gasteiger partial charge in [0, 0.05) is 36.0 Å². The molecule has 1 amide bonds. The Hall–Kier alpha value is 0.510. The Bertz CT molecular complexity index is 165. The van der Waals surface area contributed by atoms with Gasteiger partial charge < -0.3 is 4.90 Å². The van der Waals surface area contributed by atoms with Crippen LogP contribution in [0.25, 0.3) is 0 Å². The molecule has 1 atom stereocenters. The summed E-state index contributed by atoms with van der Waals surface area (Å²) >= 11 is 6.38. The van der Waals surface area contributed by atoms with Crippen LogP contribution in [0.1, 0.15) is 6.92 Å². The Balaban J connectivity index is 2.51. The molecule has 1 fully saturated rings. The molecular weight excluding hydrogens is 275 g/mol. The summed E-state index contributed by atoms with van der Waals surface area (Å²) in [5.41, 5.74) is 0. The second-order valence-corrected chi connectivity index (χ2v) is 4.68. The molecule has 0 bridgehead atoms. The number of carbonyl (C=O) groups is 1. The summed E-state index contributed by atoms with van der Waals surface area (Å²) in [4.78, 5) is 13.1. The van der Waals surface area contributed by atoms with Crippen molar-refractivity contribution in [3.05, 3.63) is 0 Å². The van der Waals surface area contributed by atoms with Crippen LogP contribution in [0.5, 0.6) is 0 Å². The predicted molar refractivity (Wildman–Crippen MR) is 55.8 cm³/mol. The summed E-state index contributed by atoms with van der Waals surface area (Å²) in [6.45, 7) is 4.18. The van der Waals surface area contributed by atoms with E-state index in [-0.39, 0.29) is 11.3 Å². The number of amides is 1. The molecule has 0 spiro atoms. The van der Waals surface area contributed by atoms with E-state index in [1.54, 1.807) is 4.90 Å². The van der Waals surface area contributed by atoms with Gasteiger partial charge in [-0.3, -0.25) is 4.79 Å². The van der Waals surface area contributed by atoms with E-state index < -0.39 is 0 Å². The summed E-state index contributed by atoms with van der Waals surface area (Å²) in [5, 5.41) is 0.0487. The summed E-state index contributed by atoms with van der Waals surface area (Å²) < 4.78 is 1.99. The largest absolute Gasteiger partial charge is 0.329 e. The lowest BCUT2D eigenvalue weighted by Crippen LogP contribution is -2.49. The first kappa shape index (κ1) is 9.60. The van der Waals surface area contributed by atoms with Crippen molar-refractivity contribution in [1.82, 2.24) is 8.01 Å².